The SMILES string of the molecule is COc1cccnc1Cc1c(CCN(C)C)sc2ccccc12. The zero-order valence-electron chi connectivity index (χ0n) is 13.9. The first-order valence-electron chi connectivity index (χ1n) is 7.81. The van der Waals surface area contributed by atoms with Crippen LogP contribution in [0.2, 0.25) is 0 Å². The third-order valence-corrected chi connectivity index (χ3v) is 5.25. The van der Waals surface area contributed by atoms with Crippen molar-refractivity contribution < 1.29 is 4.74 Å². The van der Waals surface area contributed by atoms with E-state index >= 15 is 0 Å². The van der Waals surface area contributed by atoms with Crippen molar-refractivity contribution in [2.75, 3.05) is 27.7 Å². The van der Waals surface area contributed by atoms with Crippen LogP contribution in [0.1, 0.15) is 16.1 Å². The molecule has 0 aliphatic rings. The molecule has 0 atom stereocenters. The van der Waals surface area contributed by atoms with Crippen molar-refractivity contribution >= 4 is 21.4 Å². The molecular formula is C19H22N2OS. The number of ether oxygens (including phenoxy) is 1. The van der Waals surface area contributed by atoms with E-state index in [9.17, 15) is 0 Å². The first kappa shape index (κ1) is 16.0. The second kappa shape index (κ2) is 7.11. The lowest BCUT2D eigenvalue weighted by Crippen LogP contribution is -2.15. The molecule has 3 aromatic rings. The number of thiophene rings is 1. The summed E-state index contributed by atoms with van der Waals surface area (Å²) in [6, 6.07) is 12.6. The molecule has 0 aliphatic heterocycles. The van der Waals surface area contributed by atoms with Gasteiger partial charge in [-0.1, -0.05) is 18.2 Å². The minimum atomic E-state index is 0.816. The Hall–Kier alpha value is -1.91. The highest BCUT2D eigenvalue weighted by Gasteiger charge is 2.15. The quantitative estimate of drug-likeness (QED) is 0.684. The molecule has 4 heteroatoms. The molecular weight excluding hydrogens is 304 g/mol. The van der Waals surface area contributed by atoms with Gasteiger partial charge < -0.3 is 9.64 Å². The fraction of sp³-hybridized carbons (Fsp3) is 0.316. The molecule has 2 aromatic heterocycles. The molecule has 0 spiro atoms. The number of nitrogens with zero attached hydrogens (tertiary/aromatic N) is 2. The predicted molar refractivity (Wildman–Crippen MR) is 97.7 cm³/mol. The van der Waals surface area contributed by atoms with Gasteiger partial charge in [0, 0.05) is 28.7 Å². The molecule has 1 aromatic carbocycles. The van der Waals surface area contributed by atoms with Gasteiger partial charge in [-0.25, -0.2) is 0 Å². The van der Waals surface area contributed by atoms with E-state index in [2.05, 4.69) is 48.2 Å². The second-order valence-electron chi connectivity index (χ2n) is 5.88. The van der Waals surface area contributed by atoms with Gasteiger partial charge in [0.2, 0.25) is 0 Å². The number of rotatable bonds is 6. The Bertz CT molecular complexity index is 795. The Morgan fingerprint density at radius 1 is 1.13 bits per heavy atom. The summed E-state index contributed by atoms with van der Waals surface area (Å²) in [6.07, 6.45) is 3.72. The summed E-state index contributed by atoms with van der Waals surface area (Å²) in [7, 11) is 5.95. The summed E-state index contributed by atoms with van der Waals surface area (Å²) in [6.45, 7) is 1.05. The highest BCUT2D eigenvalue weighted by molar-refractivity contribution is 7.19. The number of pyridine rings is 1. The number of hydrogen-bond acceptors (Lipinski definition) is 4. The Morgan fingerprint density at radius 2 is 1.96 bits per heavy atom. The summed E-state index contributed by atoms with van der Waals surface area (Å²) >= 11 is 1.90. The van der Waals surface area contributed by atoms with Gasteiger partial charge in [-0.3, -0.25) is 4.98 Å². The van der Waals surface area contributed by atoms with Crippen LogP contribution in [-0.4, -0.2) is 37.6 Å². The van der Waals surface area contributed by atoms with E-state index in [0.29, 0.717) is 0 Å². The van der Waals surface area contributed by atoms with Crippen LogP contribution in [0, 0.1) is 0 Å². The molecule has 120 valence electrons. The molecule has 0 saturated heterocycles. The van der Waals surface area contributed by atoms with E-state index in [4.69, 9.17) is 4.74 Å². The van der Waals surface area contributed by atoms with Crippen LogP contribution in [0.25, 0.3) is 10.1 Å². The Kier molecular flexibility index (Phi) is 4.94. The number of likely N-dealkylation sites (N-methyl/N-ethyl adjacent to an activating group) is 1. The number of methoxy groups -OCH3 is 1. The summed E-state index contributed by atoms with van der Waals surface area (Å²) < 4.78 is 6.83. The van der Waals surface area contributed by atoms with Crippen LogP contribution in [0.3, 0.4) is 0 Å². The Morgan fingerprint density at radius 3 is 2.74 bits per heavy atom. The van der Waals surface area contributed by atoms with E-state index in [-0.39, 0.29) is 0 Å². The highest BCUT2D eigenvalue weighted by atomic mass is 32.1. The summed E-state index contributed by atoms with van der Waals surface area (Å²) in [4.78, 5) is 8.22. The Balaban J connectivity index is 2.01. The zero-order chi connectivity index (χ0) is 16.2. The lowest BCUT2D eigenvalue weighted by molar-refractivity contribution is 0.407. The van der Waals surface area contributed by atoms with Crippen molar-refractivity contribution in [2.24, 2.45) is 0 Å². The van der Waals surface area contributed by atoms with Crippen molar-refractivity contribution in [3.05, 3.63) is 58.7 Å². The van der Waals surface area contributed by atoms with Gasteiger partial charge in [-0.05, 0) is 49.7 Å². The second-order valence-corrected chi connectivity index (χ2v) is 7.02. The fourth-order valence-electron chi connectivity index (χ4n) is 2.78. The molecule has 3 rings (SSSR count). The van der Waals surface area contributed by atoms with Gasteiger partial charge in [0.1, 0.15) is 5.75 Å². The maximum Gasteiger partial charge on any atom is 0.140 e. The van der Waals surface area contributed by atoms with Crippen molar-refractivity contribution in [3.63, 3.8) is 0 Å². The van der Waals surface area contributed by atoms with E-state index in [0.717, 1.165) is 30.8 Å². The van der Waals surface area contributed by atoms with Gasteiger partial charge in [-0.15, -0.1) is 11.3 Å². The molecule has 0 bridgehead atoms. The zero-order valence-corrected chi connectivity index (χ0v) is 14.7. The number of benzene rings is 1. The van der Waals surface area contributed by atoms with Crippen molar-refractivity contribution in [1.82, 2.24) is 9.88 Å². The maximum atomic E-state index is 5.48. The smallest absolute Gasteiger partial charge is 0.140 e. The molecule has 0 aliphatic carbocycles. The van der Waals surface area contributed by atoms with Gasteiger partial charge in [0.15, 0.2) is 0 Å². The monoisotopic (exact) mass is 326 g/mol. The van der Waals surface area contributed by atoms with Crippen LogP contribution in [0.15, 0.2) is 42.6 Å². The molecule has 0 fully saturated rings. The number of aromatic nitrogens is 1. The van der Waals surface area contributed by atoms with Gasteiger partial charge in [-0.2, -0.15) is 0 Å². The van der Waals surface area contributed by atoms with E-state index in [1.165, 1.54) is 20.5 Å². The largest absolute Gasteiger partial charge is 0.495 e. The van der Waals surface area contributed by atoms with Crippen LogP contribution < -0.4 is 4.74 Å². The predicted octanol–water partition coefficient (Wildman–Crippen LogP) is 4.00. The maximum absolute atomic E-state index is 5.48. The Labute approximate surface area is 141 Å². The molecule has 23 heavy (non-hydrogen) atoms. The van der Waals surface area contributed by atoms with Crippen LogP contribution in [-0.2, 0) is 12.8 Å². The summed E-state index contributed by atoms with van der Waals surface area (Å²) in [5, 5.41) is 1.35. The number of fused-ring (bicyclic) bond motifs is 1. The fourth-order valence-corrected chi connectivity index (χ4v) is 3.99. The first-order valence-corrected chi connectivity index (χ1v) is 8.62. The van der Waals surface area contributed by atoms with E-state index < -0.39 is 0 Å². The van der Waals surface area contributed by atoms with Crippen molar-refractivity contribution in [1.29, 1.82) is 0 Å². The van der Waals surface area contributed by atoms with Gasteiger partial charge >= 0.3 is 0 Å². The van der Waals surface area contributed by atoms with Gasteiger partial charge in [0.25, 0.3) is 0 Å². The average molecular weight is 326 g/mol. The first-order chi connectivity index (χ1) is 11.2. The highest BCUT2D eigenvalue weighted by Crippen LogP contribution is 2.34. The standard InChI is InChI=1S/C19H22N2OS/c1-21(2)12-10-19-15(14-7-4-5-9-18(14)23-19)13-16-17(22-3)8-6-11-20-16/h4-9,11H,10,12-13H2,1-3H3. The van der Waals surface area contributed by atoms with Crippen molar-refractivity contribution in [3.8, 4) is 5.75 Å². The molecule has 0 amide bonds. The van der Waals surface area contributed by atoms with Crippen molar-refractivity contribution in [2.45, 2.75) is 12.8 Å². The molecule has 3 nitrogen and oxygen atoms in total. The topological polar surface area (TPSA) is 25.4 Å². The molecule has 0 saturated carbocycles. The molecule has 0 unspecified atom stereocenters. The molecule has 0 N–H and O–H groups in total. The van der Waals surface area contributed by atoms with E-state index in [1.807, 2.05) is 29.7 Å². The number of hydrogen-bond donors (Lipinski definition) is 0. The lowest BCUT2D eigenvalue weighted by atomic mass is 10.0. The summed E-state index contributed by atoms with van der Waals surface area (Å²) in [5.74, 6) is 0.862. The van der Waals surface area contributed by atoms with Gasteiger partial charge in [0.05, 0.1) is 12.8 Å². The third-order valence-electron chi connectivity index (χ3n) is 3.98. The van der Waals surface area contributed by atoms with Crippen LogP contribution in [0.5, 0.6) is 5.75 Å². The minimum absolute atomic E-state index is 0.816. The normalized spacial score (nSPS) is 11.3. The van der Waals surface area contributed by atoms with E-state index in [1.54, 1.807) is 7.11 Å². The van der Waals surface area contributed by atoms with Crippen LogP contribution >= 0.6 is 11.3 Å². The lowest BCUT2D eigenvalue weighted by Gasteiger charge is -2.11. The molecule has 0 radical (unpaired) electrons. The average Bonchev–Trinajstić information content (AvgIpc) is 2.91. The summed E-state index contributed by atoms with van der Waals surface area (Å²) in [5.41, 5.74) is 2.40. The molecule has 2 heterocycles. The van der Waals surface area contributed by atoms with Crippen LogP contribution in [0.4, 0.5) is 0 Å². The third kappa shape index (κ3) is 3.54. The minimum Gasteiger partial charge on any atom is -0.495 e.